The van der Waals surface area contributed by atoms with E-state index in [0.717, 1.165) is 30.0 Å². The summed E-state index contributed by atoms with van der Waals surface area (Å²) in [5.74, 6) is 0. The van der Waals surface area contributed by atoms with Crippen LogP contribution in [-0.2, 0) is 6.42 Å². The van der Waals surface area contributed by atoms with E-state index in [1.807, 2.05) is 43.5 Å². The van der Waals surface area contributed by atoms with Crippen LogP contribution in [0.5, 0.6) is 0 Å². The normalized spacial score (nSPS) is 10.2. The van der Waals surface area contributed by atoms with Gasteiger partial charge in [0.15, 0.2) is 0 Å². The van der Waals surface area contributed by atoms with Crippen molar-refractivity contribution in [1.82, 2.24) is 4.98 Å². The molecule has 0 radical (unpaired) electrons. The topological polar surface area (TPSA) is 50.9 Å². The smallest absolute Gasteiger partial charge is 0.0421 e. The molecule has 3 heteroatoms. The van der Waals surface area contributed by atoms with Crippen molar-refractivity contribution in [3.05, 3.63) is 53.9 Å². The molecule has 0 amide bonds. The number of rotatable bonds is 4. The number of nitrogens with two attached hydrogens (primary N) is 1. The molecule has 0 aliphatic carbocycles. The zero-order valence-electron chi connectivity index (χ0n) is 9.98. The first-order chi connectivity index (χ1) is 8.24. The molecule has 0 spiro atoms. The third-order valence-corrected chi connectivity index (χ3v) is 2.54. The van der Waals surface area contributed by atoms with Gasteiger partial charge in [-0.15, -0.1) is 0 Å². The molecule has 3 N–H and O–H groups in total. The average molecular weight is 227 g/mol. The number of hydrogen-bond donors (Lipinski definition) is 2. The number of aryl methyl sites for hydroxylation is 1. The van der Waals surface area contributed by atoms with Crippen LogP contribution in [-0.4, -0.2) is 11.5 Å². The molecule has 0 fully saturated rings. The first kappa shape index (κ1) is 11.5. The SMILES string of the molecule is Cc1cc(N)cc(NCCc2ccccn2)c1. The molecule has 1 aromatic heterocycles. The standard InChI is InChI=1S/C14H17N3/c1-11-8-12(15)10-14(9-11)17-7-5-13-4-2-3-6-16-13/h2-4,6,8-10,17H,5,7,15H2,1H3. The van der Waals surface area contributed by atoms with Crippen LogP contribution in [0, 0.1) is 6.92 Å². The van der Waals surface area contributed by atoms with Crippen LogP contribution in [0.1, 0.15) is 11.3 Å². The molecule has 2 rings (SSSR count). The Morgan fingerprint density at radius 2 is 2.12 bits per heavy atom. The Hall–Kier alpha value is -2.03. The van der Waals surface area contributed by atoms with Gasteiger partial charge in [0.1, 0.15) is 0 Å². The molecule has 17 heavy (non-hydrogen) atoms. The minimum Gasteiger partial charge on any atom is -0.399 e. The highest BCUT2D eigenvalue weighted by Gasteiger charge is 1.96. The number of anilines is 2. The molecule has 1 heterocycles. The Bertz CT molecular complexity index is 460. The van der Waals surface area contributed by atoms with Crippen molar-refractivity contribution in [3.8, 4) is 0 Å². The molecule has 0 saturated carbocycles. The molecule has 88 valence electrons. The van der Waals surface area contributed by atoms with Crippen molar-refractivity contribution in [2.75, 3.05) is 17.6 Å². The third kappa shape index (κ3) is 3.48. The monoisotopic (exact) mass is 227 g/mol. The molecule has 0 atom stereocenters. The van der Waals surface area contributed by atoms with Gasteiger partial charge in [-0.3, -0.25) is 4.98 Å². The van der Waals surface area contributed by atoms with Crippen molar-refractivity contribution >= 4 is 11.4 Å². The predicted octanol–water partition coefficient (Wildman–Crippen LogP) is 2.63. The van der Waals surface area contributed by atoms with E-state index < -0.39 is 0 Å². The Morgan fingerprint density at radius 1 is 1.24 bits per heavy atom. The van der Waals surface area contributed by atoms with Crippen molar-refractivity contribution in [2.24, 2.45) is 0 Å². The lowest BCUT2D eigenvalue weighted by molar-refractivity contribution is 0.961. The second-order valence-corrected chi connectivity index (χ2v) is 4.13. The zero-order valence-corrected chi connectivity index (χ0v) is 9.98. The van der Waals surface area contributed by atoms with Crippen molar-refractivity contribution in [1.29, 1.82) is 0 Å². The van der Waals surface area contributed by atoms with Gasteiger partial charge >= 0.3 is 0 Å². The number of pyridine rings is 1. The molecule has 0 aliphatic rings. The zero-order chi connectivity index (χ0) is 12.1. The minimum atomic E-state index is 0.797. The first-order valence-electron chi connectivity index (χ1n) is 5.75. The molecule has 2 aromatic rings. The summed E-state index contributed by atoms with van der Waals surface area (Å²) in [4.78, 5) is 4.28. The largest absolute Gasteiger partial charge is 0.399 e. The lowest BCUT2D eigenvalue weighted by Crippen LogP contribution is -2.06. The Balaban J connectivity index is 1.90. The molecular formula is C14H17N3. The molecular weight excluding hydrogens is 210 g/mol. The lowest BCUT2D eigenvalue weighted by Gasteiger charge is -2.08. The summed E-state index contributed by atoms with van der Waals surface area (Å²) in [5, 5.41) is 3.35. The molecule has 0 saturated heterocycles. The molecule has 0 aliphatic heterocycles. The Morgan fingerprint density at radius 3 is 2.82 bits per heavy atom. The van der Waals surface area contributed by atoms with Crippen LogP contribution in [0.3, 0.4) is 0 Å². The summed E-state index contributed by atoms with van der Waals surface area (Å²) in [6.45, 7) is 2.90. The van der Waals surface area contributed by atoms with Crippen LogP contribution in [0.2, 0.25) is 0 Å². The van der Waals surface area contributed by atoms with E-state index in [1.54, 1.807) is 0 Å². The van der Waals surface area contributed by atoms with Crippen molar-refractivity contribution < 1.29 is 0 Å². The summed E-state index contributed by atoms with van der Waals surface area (Å²) >= 11 is 0. The van der Waals surface area contributed by atoms with Crippen LogP contribution < -0.4 is 11.1 Å². The van der Waals surface area contributed by atoms with Crippen molar-refractivity contribution in [2.45, 2.75) is 13.3 Å². The number of benzene rings is 1. The number of hydrogen-bond acceptors (Lipinski definition) is 3. The summed E-state index contributed by atoms with van der Waals surface area (Å²) in [6.07, 6.45) is 2.73. The van der Waals surface area contributed by atoms with Crippen LogP contribution in [0.4, 0.5) is 11.4 Å². The van der Waals surface area contributed by atoms with Gasteiger partial charge in [0.2, 0.25) is 0 Å². The number of nitrogens with one attached hydrogen (secondary N) is 1. The van der Waals surface area contributed by atoms with E-state index in [2.05, 4.69) is 16.4 Å². The van der Waals surface area contributed by atoms with Gasteiger partial charge in [-0.05, 0) is 42.8 Å². The maximum atomic E-state index is 5.79. The first-order valence-corrected chi connectivity index (χ1v) is 5.75. The summed E-state index contributed by atoms with van der Waals surface area (Å²) in [5.41, 5.74) is 9.92. The van der Waals surface area contributed by atoms with E-state index in [9.17, 15) is 0 Å². The Kier molecular flexibility index (Phi) is 3.60. The van der Waals surface area contributed by atoms with Gasteiger partial charge in [-0.25, -0.2) is 0 Å². The van der Waals surface area contributed by atoms with E-state index in [-0.39, 0.29) is 0 Å². The highest BCUT2D eigenvalue weighted by molar-refractivity contribution is 5.56. The number of nitrogens with zero attached hydrogens (tertiary/aromatic N) is 1. The molecule has 0 bridgehead atoms. The van der Waals surface area contributed by atoms with Crippen LogP contribution >= 0.6 is 0 Å². The van der Waals surface area contributed by atoms with Gasteiger partial charge in [-0.1, -0.05) is 6.07 Å². The highest BCUT2D eigenvalue weighted by Crippen LogP contribution is 2.15. The summed E-state index contributed by atoms with van der Waals surface area (Å²) in [6, 6.07) is 12.0. The van der Waals surface area contributed by atoms with E-state index in [4.69, 9.17) is 5.73 Å². The second-order valence-electron chi connectivity index (χ2n) is 4.13. The Labute approximate surface area is 102 Å². The van der Waals surface area contributed by atoms with Gasteiger partial charge in [0, 0.05) is 36.2 Å². The summed E-state index contributed by atoms with van der Waals surface area (Å²) in [7, 11) is 0. The maximum Gasteiger partial charge on any atom is 0.0421 e. The molecule has 0 unspecified atom stereocenters. The third-order valence-electron chi connectivity index (χ3n) is 2.54. The van der Waals surface area contributed by atoms with Gasteiger partial charge in [-0.2, -0.15) is 0 Å². The predicted molar refractivity (Wildman–Crippen MR) is 72.0 cm³/mol. The second kappa shape index (κ2) is 5.34. The highest BCUT2D eigenvalue weighted by atomic mass is 14.9. The average Bonchev–Trinajstić information content (AvgIpc) is 2.29. The van der Waals surface area contributed by atoms with Gasteiger partial charge < -0.3 is 11.1 Å². The molecule has 1 aromatic carbocycles. The van der Waals surface area contributed by atoms with Crippen molar-refractivity contribution in [3.63, 3.8) is 0 Å². The fraction of sp³-hybridized carbons (Fsp3) is 0.214. The summed E-state index contributed by atoms with van der Waals surface area (Å²) < 4.78 is 0. The quantitative estimate of drug-likeness (QED) is 0.789. The number of nitrogen functional groups attached to an aromatic ring is 1. The fourth-order valence-corrected chi connectivity index (χ4v) is 1.80. The van der Waals surface area contributed by atoms with Crippen LogP contribution in [0.15, 0.2) is 42.6 Å². The van der Waals surface area contributed by atoms with E-state index in [0.29, 0.717) is 0 Å². The molecule has 3 nitrogen and oxygen atoms in total. The van der Waals surface area contributed by atoms with E-state index >= 15 is 0 Å². The van der Waals surface area contributed by atoms with Gasteiger partial charge in [0.05, 0.1) is 0 Å². The minimum absolute atomic E-state index is 0.797. The van der Waals surface area contributed by atoms with E-state index in [1.165, 1.54) is 5.56 Å². The maximum absolute atomic E-state index is 5.79. The van der Waals surface area contributed by atoms with Gasteiger partial charge in [0.25, 0.3) is 0 Å². The van der Waals surface area contributed by atoms with Crippen LogP contribution in [0.25, 0.3) is 0 Å². The lowest BCUT2D eigenvalue weighted by atomic mass is 10.2. The number of aromatic nitrogens is 1. The fourth-order valence-electron chi connectivity index (χ4n) is 1.80.